The van der Waals surface area contributed by atoms with Crippen LogP contribution in [0, 0.1) is 13.8 Å². The molecule has 1 atom stereocenters. The van der Waals surface area contributed by atoms with Crippen molar-refractivity contribution in [3.63, 3.8) is 0 Å². The molecule has 9 heteroatoms. The third-order valence-electron chi connectivity index (χ3n) is 6.22. The van der Waals surface area contributed by atoms with Gasteiger partial charge in [-0.2, -0.15) is 13.2 Å². The molecule has 1 saturated heterocycles. The van der Waals surface area contributed by atoms with Gasteiger partial charge in [0.1, 0.15) is 6.26 Å². The minimum atomic E-state index is -4.41. The molecule has 36 heavy (non-hydrogen) atoms. The summed E-state index contributed by atoms with van der Waals surface area (Å²) in [6.45, 7) is 6.07. The first-order valence-electron chi connectivity index (χ1n) is 12.0. The first-order chi connectivity index (χ1) is 17.2. The minimum Gasteiger partial charge on any atom is -0.447 e. The lowest BCUT2D eigenvalue weighted by molar-refractivity contribution is -0.137. The van der Waals surface area contributed by atoms with Gasteiger partial charge in [0.2, 0.25) is 5.89 Å². The lowest BCUT2D eigenvalue weighted by Crippen LogP contribution is -2.32. The Bertz CT molecular complexity index is 1190. The number of oxazole rings is 1. The van der Waals surface area contributed by atoms with E-state index in [0.29, 0.717) is 31.2 Å². The zero-order valence-electron chi connectivity index (χ0n) is 20.4. The fourth-order valence-corrected chi connectivity index (χ4v) is 4.26. The number of ether oxygens (including phenoxy) is 1. The molecule has 2 aromatic carbocycles. The molecule has 0 bridgehead atoms. The van der Waals surface area contributed by atoms with Crippen LogP contribution in [0.15, 0.2) is 53.1 Å². The average Bonchev–Trinajstić information content (AvgIpc) is 3.52. The Labute approximate surface area is 208 Å². The van der Waals surface area contributed by atoms with E-state index in [0.717, 1.165) is 41.7 Å². The molecule has 3 aromatic rings. The summed E-state index contributed by atoms with van der Waals surface area (Å²) >= 11 is 0. The van der Waals surface area contributed by atoms with E-state index < -0.39 is 11.7 Å². The van der Waals surface area contributed by atoms with Crippen molar-refractivity contribution < 1.29 is 27.1 Å². The molecule has 1 fully saturated rings. The zero-order valence-corrected chi connectivity index (χ0v) is 20.4. The molecule has 1 aliphatic heterocycles. The van der Waals surface area contributed by atoms with Gasteiger partial charge in [-0.15, -0.1) is 0 Å². The second-order valence-corrected chi connectivity index (χ2v) is 9.24. The maximum Gasteiger partial charge on any atom is 0.416 e. The van der Waals surface area contributed by atoms with Crippen LogP contribution in [-0.4, -0.2) is 35.0 Å². The lowest BCUT2D eigenvalue weighted by Gasteiger charge is -2.23. The summed E-state index contributed by atoms with van der Waals surface area (Å²) in [4.78, 5) is 18.8. The zero-order chi connectivity index (χ0) is 25.7. The van der Waals surface area contributed by atoms with E-state index in [1.54, 1.807) is 6.07 Å². The average molecular weight is 502 g/mol. The van der Waals surface area contributed by atoms with Gasteiger partial charge >= 0.3 is 6.18 Å². The summed E-state index contributed by atoms with van der Waals surface area (Å²) in [6, 6.07) is 11.4. The van der Waals surface area contributed by atoms with E-state index in [-0.39, 0.29) is 30.8 Å². The number of hydrogen-bond donors (Lipinski definition) is 1. The molecule has 1 amide bonds. The predicted molar refractivity (Wildman–Crippen MR) is 128 cm³/mol. The second kappa shape index (κ2) is 11.3. The van der Waals surface area contributed by atoms with Crippen molar-refractivity contribution in [2.75, 3.05) is 13.2 Å². The molecule has 192 valence electrons. The van der Waals surface area contributed by atoms with Crippen molar-refractivity contribution in [1.82, 2.24) is 15.2 Å². The summed E-state index contributed by atoms with van der Waals surface area (Å²) in [6.07, 6.45) is -1.20. The fourth-order valence-electron chi connectivity index (χ4n) is 4.26. The molecule has 2 heterocycles. The number of rotatable bonds is 9. The number of aryl methyl sites for hydroxylation is 2. The lowest BCUT2D eigenvalue weighted by atomic mass is 10.0. The van der Waals surface area contributed by atoms with Crippen LogP contribution in [0.3, 0.4) is 0 Å². The highest BCUT2D eigenvalue weighted by Crippen LogP contribution is 2.30. The Morgan fingerprint density at radius 3 is 2.72 bits per heavy atom. The monoisotopic (exact) mass is 501 g/mol. The van der Waals surface area contributed by atoms with Crippen LogP contribution in [0.4, 0.5) is 13.2 Å². The van der Waals surface area contributed by atoms with Crippen molar-refractivity contribution in [1.29, 1.82) is 0 Å². The first-order valence-corrected chi connectivity index (χ1v) is 12.0. The quantitative estimate of drug-likeness (QED) is 0.424. The van der Waals surface area contributed by atoms with E-state index >= 15 is 0 Å². The number of nitrogens with one attached hydrogen (secondary N) is 1. The van der Waals surface area contributed by atoms with Crippen molar-refractivity contribution in [2.24, 2.45) is 0 Å². The van der Waals surface area contributed by atoms with E-state index in [1.807, 2.05) is 30.9 Å². The van der Waals surface area contributed by atoms with Gasteiger partial charge < -0.3 is 14.5 Å². The van der Waals surface area contributed by atoms with Crippen molar-refractivity contribution in [3.05, 3.63) is 88.1 Å². The number of aromatic nitrogens is 1. The summed E-state index contributed by atoms with van der Waals surface area (Å²) < 4.78 is 50.8. The molecule has 0 unspecified atom stereocenters. The van der Waals surface area contributed by atoms with E-state index in [2.05, 4.69) is 16.4 Å². The predicted octanol–water partition coefficient (Wildman–Crippen LogP) is 5.42. The molecule has 1 aromatic heterocycles. The number of amides is 1. The van der Waals surface area contributed by atoms with Crippen LogP contribution in [0.2, 0.25) is 0 Å². The van der Waals surface area contributed by atoms with Gasteiger partial charge in [-0.25, -0.2) is 4.98 Å². The van der Waals surface area contributed by atoms with E-state index in [4.69, 9.17) is 9.15 Å². The van der Waals surface area contributed by atoms with Crippen molar-refractivity contribution >= 4 is 5.91 Å². The number of nitrogens with zero attached hydrogens (tertiary/aromatic N) is 2. The van der Waals surface area contributed by atoms with Crippen LogP contribution >= 0.6 is 0 Å². The number of benzene rings is 2. The van der Waals surface area contributed by atoms with Gasteiger partial charge in [-0.3, -0.25) is 9.69 Å². The van der Waals surface area contributed by atoms with Crippen LogP contribution in [0.25, 0.3) is 0 Å². The van der Waals surface area contributed by atoms with Gasteiger partial charge in [0.25, 0.3) is 5.91 Å². The normalized spacial score (nSPS) is 16.0. The highest BCUT2D eigenvalue weighted by molar-refractivity contribution is 5.91. The number of halogens is 3. The summed E-state index contributed by atoms with van der Waals surface area (Å²) in [5.74, 6) is -0.0333. The minimum absolute atomic E-state index is 0.0147. The highest BCUT2D eigenvalue weighted by atomic mass is 19.4. The topological polar surface area (TPSA) is 67.6 Å². The SMILES string of the molecule is Cc1ccc(C)c(CN(Cc2cccc(C(F)(F)F)c2)Cc2nc(C(=O)NC[C@@H]3CCCO3)co2)c1. The Balaban J connectivity index is 1.50. The Hall–Kier alpha value is -3.17. The molecule has 1 N–H and O–H groups in total. The third kappa shape index (κ3) is 6.95. The number of carbonyl (C=O) groups is 1. The molecule has 6 nitrogen and oxygen atoms in total. The van der Waals surface area contributed by atoms with Crippen LogP contribution in [0.5, 0.6) is 0 Å². The molecular weight excluding hydrogens is 471 g/mol. The maximum atomic E-state index is 13.3. The number of hydrogen-bond acceptors (Lipinski definition) is 5. The maximum absolute atomic E-state index is 13.3. The summed E-state index contributed by atoms with van der Waals surface area (Å²) in [5.41, 5.74) is 3.23. The molecule has 4 rings (SSSR count). The smallest absolute Gasteiger partial charge is 0.416 e. The largest absolute Gasteiger partial charge is 0.447 e. The fraction of sp³-hybridized carbons (Fsp3) is 0.407. The number of carbonyl (C=O) groups excluding carboxylic acids is 1. The van der Waals surface area contributed by atoms with Crippen molar-refractivity contribution in [3.8, 4) is 0 Å². The molecule has 1 aliphatic rings. The summed E-state index contributed by atoms with van der Waals surface area (Å²) in [7, 11) is 0. The van der Waals surface area contributed by atoms with Crippen molar-refractivity contribution in [2.45, 2.75) is 58.6 Å². The first kappa shape index (κ1) is 25.9. The van der Waals surface area contributed by atoms with Crippen LogP contribution in [-0.2, 0) is 30.5 Å². The van der Waals surface area contributed by atoms with Crippen LogP contribution < -0.4 is 5.32 Å². The van der Waals surface area contributed by atoms with Gasteiger partial charge in [0.15, 0.2) is 5.69 Å². The van der Waals surface area contributed by atoms with Gasteiger partial charge in [-0.1, -0.05) is 42.0 Å². The Kier molecular flexibility index (Phi) is 8.11. The standard InChI is InChI=1S/C27H30F3N3O3/c1-18-8-9-19(2)21(11-18)15-33(14-20-5-3-6-22(12-20)27(28,29)30)16-25-32-24(17-36-25)26(34)31-13-23-7-4-10-35-23/h3,5-6,8-9,11-12,17,23H,4,7,10,13-16H2,1-2H3,(H,31,34)/t23-/m0/s1. The third-order valence-corrected chi connectivity index (χ3v) is 6.22. The van der Waals surface area contributed by atoms with Crippen LogP contribution in [0.1, 0.15) is 57.0 Å². The second-order valence-electron chi connectivity index (χ2n) is 9.24. The summed E-state index contributed by atoms with van der Waals surface area (Å²) in [5, 5.41) is 2.81. The van der Waals surface area contributed by atoms with E-state index in [1.165, 1.54) is 12.3 Å². The molecular formula is C27H30F3N3O3. The van der Waals surface area contributed by atoms with Gasteiger partial charge in [0.05, 0.1) is 18.2 Å². The van der Waals surface area contributed by atoms with Gasteiger partial charge in [0, 0.05) is 26.2 Å². The number of alkyl halides is 3. The molecule has 0 aliphatic carbocycles. The van der Waals surface area contributed by atoms with E-state index in [9.17, 15) is 18.0 Å². The Morgan fingerprint density at radius 2 is 1.97 bits per heavy atom. The molecule has 0 spiro atoms. The molecule has 0 saturated carbocycles. The molecule has 0 radical (unpaired) electrons. The Morgan fingerprint density at radius 1 is 1.14 bits per heavy atom. The highest BCUT2D eigenvalue weighted by Gasteiger charge is 2.30. The van der Waals surface area contributed by atoms with Gasteiger partial charge in [-0.05, 0) is 49.4 Å².